The van der Waals surface area contributed by atoms with E-state index in [2.05, 4.69) is 62.5 Å². The van der Waals surface area contributed by atoms with Crippen LogP contribution in [0.15, 0.2) is 60.8 Å². The zero-order valence-corrected chi connectivity index (χ0v) is 37.2. The summed E-state index contributed by atoms with van der Waals surface area (Å²) in [7, 11) is 1.43. The van der Waals surface area contributed by atoms with E-state index in [1.54, 1.807) is 0 Å². The maximum Gasteiger partial charge on any atom is 0.472 e. The van der Waals surface area contributed by atoms with Crippen LogP contribution in [0.2, 0.25) is 0 Å². The van der Waals surface area contributed by atoms with Crippen LogP contribution in [0.1, 0.15) is 168 Å². The fraction of sp³-hybridized carbons (Fsp3) is 0.739. The molecule has 0 spiro atoms. The van der Waals surface area contributed by atoms with Crippen molar-refractivity contribution in [2.75, 3.05) is 47.5 Å². The fourth-order valence-corrected chi connectivity index (χ4v) is 6.35. The molecule has 0 aromatic carbocycles. The average Bonchev–Trinajstić information content (AvgIpc) is 3.15. The summed E-state index contributed by atoms with van der Waals surface area (Å²) in [4.78, 5) is 35.3. The number of quaternary nitrogens is 1. The van der Waals surface area contributed by atoms with E-state index in [1.165, 1.54) is 89.9 Å². The second kappa shape index (κ2) is 38.2. The second-order valence-corrected chi connectivity index (χ2v) is 17.1. The molecule has 0 saturated carbocycles. The molecule has 9 nitrogen and oxygen atoms in total. The number of nitrogens with zero attached hydrogens (tertiary/aromatic N) is 1. The van der Waals surface area contributed by atoms with Crippen molar-refractivity contribution >= 4 is 19.8 Å². The molecule has 0 aromatic rings. The average molecular weight is 809 g/mol. The Morgan fingerprint density at radius 1 is 0.571 bits per heavy atom. The number of carbonyl (C=O) groups excluding carboxylic acids is 2. The van der Waals surface area contributed by atoms with Gasteiger partial charge >= 0.3 is 19.8 Å². The van der Waals surface area contributed by atoms with Crippen LogP contribution >= 0.6 is 7.82 Å². The van der Waals surface area contributed by atoms with E-state index in [-0.39, 0.29) is 26.1 Å². The van der Waals surface area contributed by atoms with Gasteiger partial charge in [0.15, 0.2) is 6.10 Å². The lowest BCUT2D eigenvalue weighted by Gasteiger charge is -2.24. The van der Waals surface area contributed by atoms with Crippen LogP contribution in [0.3, 0.4) is 0 Å². The molecule has 0 aliphatic rings. The van der Waals surface area contributed by atoms with Crippen LogP contribution in [-0.2, 0) is 32.7 Å². The predicted octanol–water partition coefficient (Wildman–Crippen LogP) is 12.5. The highest BCUT2D eigenvalue weighted by Gasteiger charge is 2.27. The zero-order valence-electron chi connectivity index (χ0n) is 36.3. The third-order valence-corrected chi connectivity index (χ3v) is 10.0. The number of unbranched alkanes of at least 4 members (excludes halogenated alkanes) is 15. The van der Waals surface area contributed by atoms with E-state index < -0.39 is 32.5 Å². The van der Waals surface area contributed by atoms with Crippen LogP contribution in [0.4, 0.5) is 0 Å². The van der Waals surface area contributed by atoms with Gasteiger partial charge in [0, 0.05) is 12.8 Å². The molecule has 1 N–H and O–H groups in total. The van der Waals surface area contributed by atoms with Gasteiger partial charge in [0.25, 0.3) is 0 Å². The summed E-state index contributed by atoms with van der Waals surface area (Å²) in [6.45, 7) is 4.20. The molecule has 10 heteroatoms. The van der Waals surface area contributed by atoms with Crippen LogP contribution in [-0.4, -0.2) is 74.9 Å². The molecule has 0 heterocycles. The number of carbonyl (C=O) groups is 2. The van der Waals surface area contributed by atoms with E-state index in [9.17, 15) is 19.0 Å². The molecular weight excluding hydrogens is 725 g/mol. The van der Waals surface area contributed by atoms with E-state index >= 15 is 0 Å². The molecule has 0 aliphatic carbocycles. The zero-order chi connectivity index (χ0) is 41.4. The Balaban J connectivity index is 4.39. The maximum absolute atomic E-state index is 12.6. The fourth-order valence-electron chi connectivity index (χ4n) is 5.61. The number of likely N-dealkylation sites (N-methyl/N-ethyl adjacent to an activating group) is 1. The number of hydrogen-bond acceptors (Lipinski definition) is 7. The van der Waals surface area contributed by atoms with E-state index in [0.717, 1.165) is 44.9 Å². The van der Waals surface area contributed by atoms with Crippen molar-refractivity contribution in [3.8, 4) is 0 Å². The molecule has 0 aromatic heterocycles. The first-order chi connectivity index (χ1) is 27.0. The highest BCUT2D eigenvalue weighted by atomic mass is 31.2. The normalized spacial score (nSPS) is 14.2. The summed E-state index contributed by atoms with van der Waals surface area (Å²) >= 11 is 0. The Bertz CT molecular complexity index is 1140. The molecule has 0 radical (unpaired) electrons. The van der Waals surface area contributed by atoms with Crippen LogP contribution in [0.5, 0.6) is 0 Å². The van der Waals surface area contributed by atoms with Gasteiger partial charge in [0.1, 0.15) is 19.8 Å². The molecule has 56 heavy (non-hydrogen) atoms. The Morgan fingerprint density at radius 3 is 1.59 bits per heavy atom. The number of esters is 2. The van der Waals surface area contributed by atoms with Crippen LogP contribution in [0, 0.1) is 0 Å². The quantitative estimate of drug-likeness (QED) is 0.0215. The Kier molecular flexibility index (Phi) is 36.7. The lowest BCUT2D eigenvalue weighted by Crippen LogP contribution is -2.37. The van der Waals surface area contributed by atoms with Crippen molar-refractivity contribution in [1.82, 2.24) is 0 Å². The predicted molar refractivity (Wildman–Crippen MR) is 233 cm³/mol. The number of hydrogen-bond donors (Lipinski definition) is 1. The highest BCUT2D eigenvalue weighted by Crippen LogP contribution is 2.43. The Hall–Kier alpha value is -2.29. The SMILES string of the molecule is CC/C=C\C/C=C\C/C=C\C/C=C\CCC(=O)OC(COC(=O)CCCCCCCCCCC/C=C\CCCCCCCC)COP(=O)(O)OCC[N+](C)(C)C. The minimum Gasteiger partial charge on any atom is -0.462 e. The van der Waals surface area contributed by atoms with Crippen LogP contribution in [0.25, 0.3) is 0 Å². The lowest BCUT2D eigenvalue weighted by atomic mass is 10.1. The molecular formula is C46H83NO8P+. The minimum atomic E-state index is -4.39. The first kappa shape index (κ1) is 53.7. The van der Waals surface area contributed by atoms with Gasteiger partial charge in [-0.3, -0.25) is 18.6 Å². The van der Waals surface area contributed by atoms with Crippen molar-refractivity contribution < 1.29 is 42.1 Å². The molecule has 0 saturated heterocycles. The van der Waals surface area contributed by atoms with Crippen molar-refractivity contribution in [1.29, 1.82) is 0 Å². The van der Waals surface area contributed by atoms with Gasteiger partial charge in [-0.1, -0.05) is 152 Å². The van der Waals surface area contributed by atoms with E-state index in [1.807, 2.05) is 33.3 Å². The Morgan fingerprint density at radius 2 is 1.05 bits per heavy atom. The summed E-state index contributed by atoms with van der Waals surface area (Å²) in [6.07, 6.45) is 45.8. The second-order valence-electron chi connectivity index (χ2n) is 15.7. The molecule has 0 rings (SSSR count). The summed E-state index contributed by atoms with van der Waals surface area (Å²) in [6, 6.07) is 0. The number of allylic oxidation sites excluding steroid dienone is 10. The van der Waals surface area contributed by atoms with Gasteiger partial charge < -0.3 is 18.9 Å². The number of phosphoric acid groups is 1. The summed E-state index contributed by atoms with van der Waals surface area (Å²) in [5, 5.41) is 0. The summed E-state index contributed by atoms with van der Waals surface area (Å²) in [5.74, 6) is -0.898. The lowest BCUT2D eigenvalue weighted by molar-refractivity contribution is -0.870. The molecule has 324 valence electrons. The van der Waals surface area contributed by atoms with Gasteiger partial charge in [-0.05, 0) is 64.2 Å². The summed E-state index contributed by atoms with van der Waals surface area (Å²) in [5.41, 5.74) is 0. The van der Waals surface area contributed by atoms with Gasteiger partial charge in [0.05, 0.1) is 27.7 Å². The molecule has 0 aliphatic heterocycles. The minimum absolute atomic E-state index is 0.0167. The van der Waals surface area contributed by atoms with E-state index in [0.29, 0.717) is 17.4 Å². The van der Waals surface area contributed by atoms with Gasteiger partial charge in [-0.25, -0.2) is 4.57 Å². The van der Waals surface area contributed by atoms with E-state index in [4.69, 9.17) is 18.5 Å². The van der Waals surface area contributed by atoms with Gasteiger partial charge in [-0.15, -0.1) is 0 Å². The third-order valence-electron chi connectivity index (χ3n) is 9.05. The van der Waals surface area contributed by atoms with Crippen LogP contribution < -0.4 is 0 Å². The highest BCUT2D eigenvalue weighted by molar-refractivity contribution is 7.47. The topological polar surface area (TPSA) is 108 Å². The standard InChI is InChI=1S/C46H82NO8P/c1-6-8-10-12-14-16-18-20-21-22-23-24-25-27-28-30-32-34-36-38-45(48)52-42-44(43-54-56(50,51)53-41-40-47(3,4)5)55-46(49)39-37-35-33-31-29-26-19-17-15-13-11-9-7-2/h9,11,15,17,20-21,26,29,33,35,44H,6-8,10,12-14,16,18-19,22-25,27-28,30-32,34,36-43H2,1-5H3/p+1/b11-9-,17-15-,21-20-,29-26-,35-33-. The van der Waals surface area contributed by atoms with Gasteiger partial charge in [-0.2, -0.15) is 0 Å². The van der Waals surface area contributed by atoms with Crippen molar-refractivity contribution in [2.24, 2.45) is 0 Å². The van der Waals surface area contributed by atoms with Gasteiger partial charge in [0.2, 0.25) is 0 Å². The maximum atomic E-state index is 12.6. The molecule has 2 unspecified atom stereocenters. The first-order valence-corrected chi connectivity index (χ1v) is 23.5. The number of phosphoric ester groups is 1. The molecule has 0 amide bonds. The Labute approximate surface area is 343 Å². The van der Waals surface area contributed by atoms with Crippen molar-refractivity contribution in [2.45, 2.75) is 174 Å². The molecule has 0 bridgehead atoms. The smallest absolute Gasteiger partial charge is 0.462 e. The number of rotatable bonds is 39. The molecule has 2 atom stereocenters. The molecule has 0 fully saturated rings. The first-order valence-electron chi connectivity index (χ1n) is 22.0. The van der Waals surface area contributed by atoms with Crippen molar-refractivity contribution in [3.63, 3.8) is 0 Å². The monoisotopic (exact) mass is 809 g/mol. The number of ether oxygens (including phenoxy) is 2. The third kappa shape index (κ3) is 41.3. The van der Waals surface area contributed by atoms with Crippen molar-refractivity contribution in [3.05, 3.63) is 60.8 Å². The summed E-state index contributed by atoms with van der Waals surface area (Å²) < 4.78 is 34.2. The largest absolute Gasteiger partial charge is 0.472 e.